The molecule has 0 aliphatic carbocycles. The van der Waals surface area contributed by atoms with E-state index in [0.29, 0.717) is 17.0 Å². The molecule has 0 saturated carbocycles. The minimum Gasteiger partial charge on any atom is -0.428 e. The number of carbonyl (C=O) groups excluding carboxylic acids is 1. The second-order valence-corrected chi connectivity index (χ2v) is 3.93. The number of unbranched alkanes of at least 4 members (excludes halogenated alkanes) is 2. The summed E-state index contributed by atoms with van der Waals surface area (Å²) < 4.78 is 5.21. The molecule has 0 aromatic heterocycles. The Balaban J connectivity index is 2.61. The molecule has 3 heteroatoms. The van der Waals surface area contributed by atoms with Gasteiger partial charge in [0.1, 0.15) is 5.76 Å². The first-order chi connectivity index (χ1) is 8.15. The Kier molecular flexibility index (Phi) is 5.27. The number of benzene rings is 1. The van der Waals surface area contributed by atoms with Gasteiger partial charge in [0.05, 0.1) is 5.56 Å². The first kappa shape index (κ1) is 13.3. The number of esters is 1. The Labute approximate surface area is 102 Å². The molecule has 0 aliphatic heterocycles. The fourth-order valence-electron chi connectivity index (χ4n) is 1.44. The number of allylic oxidation sites excluding steroid dienone is 2. The lowest BCUT2D eigenvalue weighted by molar-refractivity contribution is 0.0626. The highest BCUT2D eigenvalue weighted by Gasteiger charge is 2.10. The van der Waals surface area contributed by atoms with Crippen molar-refractivity contribution < 1.29 is 9.53 Å². The lowest BCUT2D eigenvalue weighted by atomic mass is 10.2. The molecule has 17 heavy (non-hydrogen) atoms. The van der Waals surface area contributed by atoms with Crippen LogP contribution in [0.4, 0.5) is 5.69 Å². The smallest absolute Gasteiger partial charge is 0.345 e. The van der Waals surface area contributed by atoms with Crippen LogP contribution in [0.1, 0.15) is 43.5 Å². The molecule has 0 heterocycles. The zero-order valence-corrected chi connectivity index (χ0v) is 10.4. The van der Waals surface area contributed by atoms with Gasteiger partial charge in [-0.3, -0.25) is 0 Å². The number of anilines is 1. The van der Waals surface area contributed by atoms with Gasteiger partial charge in [-0.25, -0.2) is 4.79 Å². The van der Waals surface area contributed by atoms with E-state index in [1.165, 1.54) is 0 Å². The topological polar surface area (TPSA) is 52.3 Å². The third kappa shape index (κ3) is 4.31. The minimum absolute atomic E-state index is 0.395. The summed E-state index contributed by atoms with van der Waals surface area (Å²) in [5.74, 6) is 0.236. The highest BCUT2D eigenvalue weighted by molar-refractivity contribution is 5.95. The maximum absolute atomic E-state index is 11.8. The van der Waals surface area contributed by atoms with E-state index in [9.17, 15) is 4.79 Å². The van der Waals surface area contributed by atoms with Crippen molar-refractivity contribution in [3.8, 4) is 0 Å². The molecule has 0 fully saturated rings. The number of hydrogen-bond donors (Lipinski definition) is 1. The second kappa shape index (κ2) is 6.74. The predicted octanol–water partition coefficient (Wildman–Crippen LogP) is 3.52. The average molecular weight is 233 g/mol. The van der Waals surface area contributed by atoms with Gasteiger partial charge in [-0.1, -0.05) is 25.5 Å². The Hall–Kier alpha value is -1.77. The van der Waals surface area contributed by atoms with Gasteiger partial charge in [-0.15, -0.1) is 0 Å². The largest absolute Gasteiger partial charge is 0.428 e. The van der Waals surface area contributed by atoms with E-state index in [4.69, 9.17) is 10.5 Å². The van der Waals surface area contributed by atoms with Crippen molar-refractivity contribution in [3.05, 3.63) is 41.7 Å². The van der Waals surface area contributed by atoms with Crippen molar-refractivity contribution in [2.24, 2.45) is 0 Å². The van der Waals surface area contributed by atoms with E-state index in [2.05, 4.69) is 6.92 Å². The molecule has 1 rings (SSSR count). The average Bonchev–Trinajstić information content (AvgIpc) is 2.29. The zero-order valence-electron chi connectivity index (χ0n) is 10.4. The first-order valence-electron chi connectivity index (χ1n) is 5.88. The SMILES string of the molecule is CCCCC=C(C)OC(=O)c1ccccc1N. The molecule has 0 spiro atoms. The number of carbonyl (C=O) groups is 1. The number of hydrogen-bond acceptors (Lipinski definition) is 3. The van der Waals surface area contributed by atoms with Crippen LogP contribution in [0.5, 0.6) is 0 Å². The Morgan fingerprint density at radius 3 is 2.76 bits per heavy atom. The van der Waals surface area contributed by atoms with E-state index in [1.54, 1.807) is 31.2 Å². The van der Waals surface area contributed by atoms with Gasteiger partial charge in [-0.05, 0) is 38.0 Å². The Bertz CT molecular complexity index is 410. The molecule has 0 radical (unpaired) electrons. The molecule has 92 valence electrons. The van der Waals surface area contributed by atoms with Crippen LogP contribution in [0.3, 0.4) is 0 Å². The molecule has 0 amide bonds. The van der Waals surface area contributed by atoms with Crippen molar-refractivity contribution in [2.75, 3.05) is 5.73 Å². The lowest BCUT2D eigenvalue weighted by Crippen LogP contribution is -2.06. The van der Waals surface area contributed by atoms with Crippen molar-refractivity contribution in [3.63, 3.8) is 0 Å². The summed E-state index contributed by atoms with van der Waals surface area (Å²) in [6.07, 6.45) is 5.09. The summed E-state index contributed by atoms with van der Waals surface area (Å²) in [4.78, 5) is 11.8. The quantitative estimate of drug-likeness (QED) is 0.366. The lowest BCUT2D eigenvalue weighted by Gasteiger charge is -2.06. The number of ether oxygens (including phenoxy) is 1. The van der Waals surface area contributed by atoms with E-state index in [1.807, 2.05) is 6.08 Å². The van der Waals surface area contributed by atoms with Gasteiger partial charge in [0.25, 0.3) is 0 Å². The molecule has 0 aliphatic rings. The molecule has 2 N–H and O–H groups in total. The fourth-order valence-corrected chi connectivity index (χ4v) is 1.44. The van der Waals surface area contributed by atoms with Crippen LogP contribution in [-0.2, 0) is 4.74 Å². The Morgan fingerprint density at radius 2 is 2.12 bits per heavy atom. The molecule has 3 nitrogen and oxygen atoms in total. The maximum atomic E-state index is 11.8. The van der Waals surface area contributed by atoms with Crippen LogP contribution in [0.2, 0.25) is 0 Å². The highest BCUT2D eigenvalue weighted by Crippen LogP contribution is 2.14. The molecule has 0 atom stereocenters. The fraction of sp³-hybridized carbons (Fsp3) is 0.357. The molecule has 0 saturated heterocycles. The highest BCUT2D eigenvalue weighted by atomic mass is 16.5. The number of nitrogens with two attached hydrogens (primary N) is 1. The molecular weight excluding hydrogens is 214 g/mol. The van der Waals surface area contributed by atoms with Crippen molar-refractivity contribution in [2.45, 2.75) is 33.1 Å². The van der Waals surface area contributed by atoms with Crippen LogP contribution in [0.15, 0.2) is 36.1 Å². The van der Waals surface area contributed by atoms with Crippen molar-refractivity contribution >= 4 is 11.7 Å². The third-order valence-corrected chi connectivity index (χ3v) is 2.42. The van der Waals surface area contributed by atoms with Crippen LogP contribution >= 0.6 is 0 Å². The standard InChI is InChI=1S/C14H19NO2/c1-3-4-5-8-11(2)17-14(16)12-9-6-7-10-13(12)15/h6-10H,3-5,15H2,1-2H3. The summed E-state index contributed by atoms with van der Waals surface area (Å²) in [6.45, 7) is 3.91. The van der Waals surface area contributed by atoms with Gasteiger partial charge in [-0.2, -0.15) is 0 Å². The molecule has 0 unspecified atom stereocenters. The summed E-state index contributed by atoms with van der Waals surface area (Å²) in [7, 11) is 0. The monoisotopic (exact) mass is 233 g/mol. The van der Waals surface area contributed by atoms with Crippen LogP contribution in [0.25, 0.3) is 0 Å². The number of para-hydroxylation sites is 1. The van der Waals surface area contributed by atoms with Crippen LogP contribution < -0.4 is 5.73 Å². The van der Waals surface area contributed by atoms with E-state index in [-0.39, 0.29) is 0 Å². The van der Waals surface area contributed by atoms with Crippen molar-refractivity contribution in [1.82, 2.24) is 0 Å². The van der Waals surface area contributed by atoms with E-state index >= 15 is 0 Å². The number of rotatable bonds is 5. The number of nitrogen functional groups attached to an aromatic ring is 1. The summed E-state index contributed by atoms with van der Waals surface area (Å²) >= 11 is 0. The van der Waals surface area contributed by atoms with Crippen LogP contribution in [0, 0.1) is 0 Å². The third-order valence-electron chi connectivity index (χ3n) is 2.42. The van der Waals surface area contributed by atoms with Gasteiger partial charge in [0.15, 0.2) is 0 Å². The van der Waals surface area contributed by atoms with E-state index < -0.39 is 5.97 Å². The zero-order chi connectivity index (χ0) is 12.7. The van der Waals surface area contributed by atoms with E-state index in [0.717, 1.165) is 19.3 Å². The minimum atomic E-state index is -0.395. The second-order valence-electron chi connectivity index (χ2n) is 3.93. The maximum Gasteiger partial charge on any atom is 0.345 e. The first-order valence-corrected chi connectivity index (χ1v) is 5.88. The van der Waals surface area contributed by atoms with Gasteiger partial charge in [0, 0.05) is 5.69 Å². The molecule has 1 aromatic carbocycles. The van der Waals surface area contributed by atoms with Crippen LogP contribution in [-0.4, -0.2) is 5.97 Å². The van der Waals surface area contributed by atoms with Gasteiger partial charge in [0.2, 0.25) is 0 Å². The van der Waals surface area contributed by atoms with Gasteiger partial charge < -0.3 is 10.5 Å². The summed E-state index contributed by atoms with van der Waals surface area (Å²) in [5, 5.41) is 0. The van der Waals surface area contributed by atoms with Crippen molar-refractivity contribution in [1.29, 1.82) is 0 Å². The molecular formula is C14H19NO2. The van der Waals surface area contributed by atoms with Gasteiger partial charge >= 0.3 is 5.97 Å². The summed E-state index contributed by atoms with van der Waals surface area (Å²) in [5.41, 5.74) is 6.55. The summed E-state index contributed by atoms with van der Waals surface area (Å²) in [6, 6.07) is 6.91. The Morgan fingerprint density at radius 1 is 1.41 bits per heavy atom. The normalized spacial score (nSPS) is 11.3. The predicted molar refractivity (Wildman–Crippen MR) is 69.6 cm³/mol. The molecule has 0 bridgehead atoms. The molecule has 1 aromatic rings.